The molecule has 2 saturated heterocycles. The summed E-state index contributed by atoms with van der Waals surface area (Å²) in [5.41, 5.74) is 1.15. The van der Waals surface area contributed by atoms with Crippen LogP contribution in [0.4, 0.5) is 0 Å². The number of aromatic nitrogens is 1. The van der Waals surface area contributed by atoms with Crippen LogP contribution in [0.25, 0.3) is 0 Å². The highest BCUT2D eigenvalue weighted by Gasteiger charge is 2.38. The third-order valence-electron chi connectivity index (χ3n) is 6.35. The highest BCUT2D eigenvalue weighted by Crippen LogP contribution is 2.32. The number of amides is 1. The lowest BCUT2D eigenvalue weighted by atomic mass is 9.97. The van der Waals surface area contributed by atoms with E-state index in [1.165, 1.54) is 4.31 Å². The van der Waals surface area contributed by atoms with Gasteiger partial charge in [-0.25, -0.2) is 13.2 Å². The van der Waals surface area contributed by atoms with E-state index in [1.807, 2.05) is 0 Å². The number of nitrogens with one attached hydrogen (secondary N) is 1. The zero-order chi connectivity index (χ0) is 22.8. The molecule has 1 aromatic rings. The monoisotopic (exact) mass is 455 g/mol. The number of sulfonamides is 1. The Balaban J connectivity index is 1.71. The Bertz CT molecular complexity index is 925. The van der Waals surface area contributed by atoms with Crippen molar-refractivity contribution in [1.29, 1.82) is 0 Å². The van der Waals surface area contributed by atoms with Crippen molar-refractivity contribution in [2.45, 2.75) is 57.5 Å². The molecule has 2 aliphatic rings. The van der Waals surface area contributed by atoms with Crippen LogP contribution in [0, 0.1) is 19.8 Å². The Morgan fingerprint density at radius 2 is 1.84 bits per heavy atom. The number of esters is 1. The second-order valence-electron chi connectivity index (χ2n) is 8.21. The minimum atomic E-state index is -3.90. The first-order chi connectivity index (χ1) is 14.7. The Hall–Kier alpha value is -1.91. The van der Waals surface area contributed by atoms with Crippen LogP contribution in [0.2, 0.25) is 0 Å². The number of piperidine rings is 1. The quantitative estimate of drug-likeness (QED) is 0.625. The summed E-state index contributed by atoms with van der Waals surface area (Å²) in [5.74, 6) is -0.909. The summed E-state index contributed by atoms with van der Waals surface area (Å²) in [7, 11) is -2.17. The van der Waals surface area contributed by atoms with E-state index in [4.69, 9.17) is 9.47 Å². The molecule has 174 valence electrons. The lowest BCUT2D eigenvalue weighted by Crippen LogP contribution is -2.44. The van der Waals surface area contributed by atoms with Crippen molar-refractivity contribution in [1.82, 2.24) is 14.2 Å². The van der Waals surface area contributed by atoms with Gasteiger partial charge in [-0.3, -0.25) is 4.79 Å². The van der Waals surface area contributed by atoms with E-state index >= 15 is 0 Å². The molecular formula is C21H33N3O6S. The molecular weight excluding hydrogens is 422 g/mol. The number of hydrogen-bond donors (Lipinski definition) is 1. The topological polar surface area (TPSA) is 107 Å². The van der Waals surface area contributed by atoms with E-state index in [1.54, 1.807) is 32.4 Å². The molecule has 0 aliphatic carbocycles. The lowest BCUT2D eigenvalue weighted by molar-refractivity contribution is -0.126. The molecule has 0 radical (unpaired) electrons. The molecule has 2 fully saturated rings. The van der Waals surface area contributed by atoms with E-state index in [0.717, 1.165) is 19.4 Å². The molecule has 31 heavy (non-hydrogen) atoms. The van der Waals surface area contributed by atoms with Gasteiger partial charge in [0.2, 0.25) is 15.9 Å². The van der Waals surface area contributed by atoms with Crippen LogP contribution in [-0.2, 0) is 31.3 Å². The molecule has 0 saturated carbocycles. The average molecular weight is 456 g/mol. The van der Waals surface area contributed by atoms with E-state index in [-0.39, 0.29) is 48.1 Å². The first-order valence-electron chi connectivity index (χ1n) is 10.9. The Labute approximate surface area is 184 Å². The largest absolute Gasteiger partial charge is 0.462 e. The highest BCUT2D eigenvalue weighted by atomic mass is 32.2. The van der Waals surface area contributed by atoms with Crippen molar-refractivity contribution in [2.24, 2.45) is 13.0 Å². The van der Waals surface area contributed by atoms with Crippen LogP contribution in [0.5, 0.6) is 0 Å². The minimum absolute atomic E-state index is 0.00670. The van der Waals surface area contributed by atoms with E-state index in [9.17, 15) is 18.0 Å². The molecule has 10 heteroatoms. The molecule has 1 unspecified atom stereocenters. The van der Waals surface area contributed by atoms with Crippen LogP contribution >= 0.6 is 0 Å². The molecule has 1 amide bonds. The van der Waals surface area contributed by atoms with E-state index < -0.39 is 16.0 Å². The maximum Gasteiger partial charge on any atom is 0.341 e. The molecule has 0 spiro atoms. The molecule has 1 aromatic heterocycles. The smallest absolute Gasteiger partial charge is 0.341 e. The first-order valence-corrected chi connectivity index (χ1v) is 12.3. The van der Waals surface area contributed by atoms with Crippen LogP contribution in [0.1, 0.15) is 54.4 Å². The number of rotatable bonds is 7. The molecule has 2 aliphatic heterocycles. The lowest BCUT2D eigenvalue weighted by Gasteiger charge is -2.31. The standard InChI is InChI=1S/C21H33N3O6S/c1-5-29-21(26)18-14(2)23(4)15(3)19(18)31(27,28)24-10-8-16(9-11-24)20(25)22-13-17-7-6-12-30-17/h16-17H,5-13H2,1-4H3,(H,22,25). The predicted octanol–water partition coefficient (Wildman–Crippen LogP) is 1.51. The van der Waals surface area contributed by atoms with Gasteiger partial charge in [0.15, 0.2) is 0 Å². The predicted molar refractivity (Wildman–Crippen MR) is 114 cm³/mol. The van der Waals surface area contributed by atoms with E-state index in [0.29, 0.717) is 30.8 Å². The maximum absolute atomic E-state index is 13.5. The van der Waals surface area contributed by atoms with Gasteiger partial charge in [-0.1, -0.05) is 0 Å². The van der Waals surface area contributed by atoms with Gasteiger partial charge in [0, 0.05) is 50.6 Å². The van der Waals surface area contributed by atoms with Gasteiger partial charge in [-0.2, -0.15) is 4.31 Å². The Kier molecular flexibility index (Phi) is 7.43. The molecule has 0 bridgehead atoms. The van der Waals surface area contributed by atoms with Gasteiger partial charge < -0.3 is 19.4 Å². The van der Waals surface area contributed by atoms with Crippen molar-refractivity contribution in [3.63, 3.8) is 0 Å². The molecule has 1 atom stereocenters. The van der Waals surface area contributed by atoms with Crippen LogP contribution in [0.3, 0.4) is 0 Å². The van der Waals surface area contributed by atoms with Crippen molar-refractivity contribution in [2.75, 3.05) is 32.8 Å². The van der Waals surface area contributed by atoms with Crippen LogP contribution in [-0.4, -0.2) is 68.1 Å². The summed E-state index contributed by atoms with van der Waals surface area (Å²) >= 11 is 0. The number of carbonyl (C=O) groups excluding carboxylic acids is 2. The maximum atomic E-state index is 13.5. The van der Waals surface area contributed by atoms with Crippen LogP contribution < -0.4 is 5.32 Å². The van der Waals surface area contributed by atoms with Crippen molar-refractivity contribution >= 4 is 21.9 Å². The molecule has 9 nitrogen and oxygen atoms in total. The van der Waals surface area contributed by atoms with Gasteiger partial charge in [0.25, 0.3) is 0 Å². The molecule has 3 rings (SSSR count). The minimum Gasteiger partial charge on any atom is -0.462 e. The van der Waals surface area contributed by atoms with Crippen molar-refractivity contribution in [3.05, 3.63) is 17.0 Å². The second kappa shape index (κ2) is 9.70. The molecule has 0 aromatic carbocycles. The number of nitrogens with zero attached hydrogens (tertiary/aromatic N) is 2. The Morgan fingerprint density at radius 1 is 1.16 bits per heavy atom. The molecule has 1 N–H and O–H groups in total. The SMILES string of the molecule is CCOC(=O)c1c(S(=O)(=O)N2CCC(C(=O)NCC3CCCO3)CC2)c(C)n(C)c1C. The zero-order valence-electron chi connectivity index (χ0n) is 18.8. The van der Waals surface area contributed by atoms with Gasteiger partial charge in [-0.15, -0.1) is 0 Å². The number of hydrogen-bond acceptors (Lipinski definition) is 6. The summed E-state index contributed by atoms with van der Waals surface area (Å²) in [4.78, 5) is 25.0. The Morgan fingerprint density at radius 3 is 2.42 bits per heavy atom. The summed E-state index contributed by atoms with van der Waals surface area (Å²) in [6, 6.07) is 0. The normalized spacial score (nSPS) is 20.7. The first kappa shape index (κ1) is 23.7. The second-order valence-corrected chi connectivity index (χ2v) is 10.1. The fourth-order valence-corrected chi connectivity index (χ4v) is 6.28. The summed E-state index contributed by atoms with van der Waals surface area (Å²) in [6.45, 7) is 6.96. The van der Waals surface area contributed by atoms with Gasteiger partial charge in [0.1, 0.15) is 10.5 Å². The van der Waals surface area contributed by atoms with Gasteiger partial charge in [-0.05, 0) is 46.5 Å². The summed E-state index contributed by atoms with van der Waals surface area (Å²) in [5, 5.41) is 2.94. The third kappa shape index (κ3) is 4.80. The van der Waals surface area contributed by atoms with Gasteiger partial charge in [0.05, 0.1) is 12.7 Å². The number of carbonyl (C=O) groups is 2. The molecule has 3 heterocycles. The zero-order valence-corrected chi connectivity index (χ0v) is 19.6. The van der Waals surface area contributed by atoms with Crippen molar-refractivity contribution in [3.8, 4) is 0 Å². The average Bonchev–Trinajstić information content (AvgIpc) is 3.35. The van der Waals surface area contributed by atoms with Crippen molar-refractivity contribution < 1.29 is 27.5 Å². The van der Waals surface area contributed by atoms with Gasteiger partial charge >= 0.3 is 5.97 Å². The highest BCUT2D eigenvalue weighted by molar-refractivity contribution is 7.89. The summed E-state index contributed by atoms with van der Waals surface area (Å²) in [6.07, 6.45) is 2.93. The van der Waals surface area contributed by atoms with E-state index in [2.05, 4.69) is 5.32 Å². The number of ether oxygens (including phenoxy) is 2. The van der Waals surface area contributed by atoms with Crippen LogP contribution in [0.15, 0.2) is 4.90 Å². The summed E-state index contributed by atoms with van der Waals surface area (Å²) < 4.78 is 40.7. The fourth-order valence-electron chi connectivity index (χ4n) is 4.33. The third-order valence-corrected chi connectivity index (χ3v) is 8.41. The fraction of sp³-hybridized carbons (Fsp3) is 0.714.